The Balaban J connectivity index is 0.00000484. The number of aromatic nitrogens is 1. The van der Waals surface area contributed by atoms with Gasteiger partial charge in [0.05, 0.1) is 0 Å². The molecule has 1 aromatic heterocycles. The van der Waals surface area contributed by atoms with Crippen molar-refractivity contribution in [3.8, 4) is 0 Å². The number of nitrogens with zero attached hydrogens (tertiary/aromatic N) is 3. The van der Waals surface area contributed by atoms with Gasteiger partial charge in [-0.3, -0.25) is 4.99 Å². The summed E-state index contributed by atoms with van der Waals surface area (Å²) in [4.78, 5) is 10.6. The Hall–Kier alpha value is -1.05. The van der Waals surface area contributed by atoms with Gasteiger partial charge >= 0.3 is 0 Å². The fraction of sp³-hybridized carbons (Fsp3) is 0.647. The Kier molecular flexibility index (Phi) is 11.0. The van der Waals surface area contributed by atoms with Gasteiger partial charge in [-0.1, -0.05) is 13.8 Å². The van der Waals surface area contributed by atoms with E-state index < -0.39 is 0 Å². The van der Waals surface area contributed by atoms with Crippen LogP contribution in [0.15, 0.2) is 23.3 Å². The third-order valence-electron chi connectivity index (χ3n) is 3.51. The van der Waals surface area contributed by atoms with Crippen molar-refractivity contribution < 1.29 is 0 Å². The van der Waals surface area contributed by atoms with Crippen molar-refractivity contribution in [2.45, 2.75) is 46.2 Å². The molecule has 6 heteroatoms. The first-order valence-corrected chi connectivity index (χ1v) is 8.01. The van der Waals surface area contributed by atoms with Gasteiger partial charge in [0, 0.05) is 39.9 Å². The van der Waals surface area contributed by atoms with Gasteiger partial charge in [-0.15, -0.1) is 24.0 Å². The van der Waals surface area contributed by atoms with Crippen molar-refractivity contribution >= 4 is 35.8 Å². The van der Waals surface area contributed by atoms with E-state index in [2.05, 4.69) is 47.4 Å². The minimum absolute atomic E-state index is 0. The number of hydrogen-bond acceptors (Lipinski definition) is 3. The molecule has 1 rings (SSSR count). The largest absolute Gasteiger partial charge is 0.363 e. The van der Waals surface area contributed by atoms with E-state index in [-0.39, 0.29) is 24.0 Å². The summed E-state index contributed by atoms with van der Waals surface area (Å²) in [7, 11) is 5.80. The highest BCUT2D eigenvalue weighted by molar-refractivity contribution is 14.0. The van der Waals surface area contributed by atoms with Gasteiger partial charge in [0.2, 0.25) is 0 Å². The van der Waals surface area contributed by atoms with E-state index in [0.29, 0.717) is 6.04 Å². The van der Waals surface area contributed by atoms with Crippen LogP contribution in [0.3, 0.4) is 0 Å². The number of nitrogens with one attached hydrogen (secondary N) is 2. The predicted molar refractivity (Wildman–Crippen MR) is 111 cm³/mol. The first-order valence-electron chi connectivity index (χ1n) is 8.01. The fourth-order valence-electron chi connectivity index (χ4n) is 2.08. The average Bonchev–Trinajstić information content (AvgIpc) is 2.49. The van der Waals surface area contributed by atoms with Crippen LogP contribution in [0.25, 0.3) is 0 Å². The molecule has 1 aromatic rings. The molecule has 0 aliphatic rings. The lowest BCUT2D eigenvalue weighted by atomic mass is 10.0. The van der Waals surface area contributed by atoms with Crippen molar-refractivity contribution in [2.75, 3.05) is 26.0 Å². The van der Waals surface area contributed by atoms with Crippen LogP contribution in [0.2, 0.25) is 0 Å². The smallest absolute Gasteiger partial charge is 0.191 e. The second kappa shape index (κ2) is 11.5. The van der Waals surface area contributed by atoms with Gasteiger partial charge in [-0.25, -0.2) is 4.98 Å². The first-order chi connectivity index (χ1) is 10.4. The quantitative estimate of drug-likeness (QED) is 0.394. The molecule has 0 saturated heterocycles. The number of guanidine groups is 1. The molecule has 132 valence electrons. The molecule has 0 spiro atoms. The maximum Gasteiger partial charge on any atom is 0.191 e. The summed E-state index contributed by atoms with van der Waals surface area (Å²) >= 11 is 0. The normalized spacial score (nSPS) is 12.6. The van der Waals surface area contributed by atoms with Crippen LogP contribution >= 0.6 is 24.0 Å². The number of pyridine rings is 1. The van der Waals surface area contributed by atoms with Crippen LogP contribution in [-0.2, 0) is 6.54 Å². The third kappa shape index (κ3) is 8.98. The number of aliphatic imine (C=N–C) groups is 1. The van der Waals surface area contributed by atoms with Gasteiger partial charge in [0.15, 0.2) is 5.96 Å². The number of anilines is 1. The monoisotopic (exact) mass is 433 g/mol. The van der Waals surface area contributed by atoms with Crippen LogP contribution in [0.1, 0.15) is 39.2 Å². The van der Waals surface area contributed by atoms with Crippen LogP contribution < -0.4 is 15.5 Å². The fourth-order valence-corrected chi connectivity index (χ4v) is 2.08. The molecule has 0 fully saturated rings. The zero-order chi connectivity index (χ0) is 16.5. The molecule has 0 bridgehead atoms. The predicted octanol–water partition coefficient (Wildman–Crippen LogP) is 3.26. The summed E-state index contributed by atoms with van der Waals surface area (Å²) in [6.07, 6.45) is 4.22. The molecular weight excluding hydrogens is 401 g/mol. The van der Waals surface area contributed by atoms with Crippen LogP contribution in [-0.4, -0.2) is 38.1 Å². The van der Waals surface area contributed by atoms with Gasteiger partial charge in [-0.2, -0.15) is 0 Å². The maximum absolute atomic E-state index is 4.33. The molecule has 0 aliphatic carbocycles. The van der Waals surface area contributed by atoms with Gasteiger partial charge in [0.25, 0.3) is 0 Å². The van der Waals surface area contributed by atoms with Crippen molar-refractivity contribution in [2.24, 2.45) is 10.9 Å². The van der Waals surface area contributed by atoms with E-state index in [4.69, 9.17) is 0 Å². The lowest BCUT2D eigenvalue weighted by Crippen LogP contribution is -2.41. The van der Waals surface area contributed by atoms with E-state index in [1.165, 1.54) is 12.0 Å². The molecule has 0 saturated carbocycles. The Bertz CT molecular complexity index is 474. The number of rotatable bonds is 7. The molecule has 1 heterocycles. The molecule has 1 unspecified atom stereocenters. The highest BCUT2D eigenvalue weighted by Gasteiger charge is 2.07. The third-order valence-corrected chi connectivity index (χ3v) is 3.51. The van der Waals surface area contributed by atoms with Crippen molar-refractivity contribution in [3.05, 3.63) is 23.9 Å². The van der Waals surface area contributed by atoms with E-state index in [9.17, 15) is 0 Å². The highest BCUT2D eigenvalue weighted by Crippen LogP contribution is 2.09. The molecule has 0 amide bonds. The number of halogens is 1. The summed E-state index contributed by atoms with van der Waals surface area (Å²) in [5.74, 6) is 2.55. The Labute approximate surface area is 158 Å². The molecule has 0 aliphatic heterocycles. The Morgan fingerprint density at radius 3 is 2.52 bits per heavy atom. The maximum atomic E-state index is 4.33. The molecule has 5 nitrogen and oxygen atoms in total. The molecule has 2 N–H and O–H groups in total. The standard InChI is InChI=1S/C17H31N5.HI/c1-13(2)7-8-14(3)21-17(18-4)20-12-15-9-10-19-16(11-15)22(5)6;/h9-11,13-14H,7-8,12H2,1-6H3,(H2,18,20,21);1H. The lowest BCUT2D eigenvalue weighted by Gasteiger charge is -2.19. The zero-order valence-corrected chi connectivity index (χ0v) is 17.6. The minimum Gasteiger partial charge on any atom is -0.363 e. The molecular formula is C17H32IN5. The van der Waals surface area contributed by atoms with E-state index in [0.717, 1.165) is 30.7 Å². The first kappa shape index (κ1) is 21.9. The topological polar surface area (TPSA) is 52.6 Å². The van der Waals surface area contributed by atoms with E-state index >= 15 is 0 Å². The highest BCUT2D eigenvalue weighted by atomic mass is 127. The Morgan fingerprint density at radius 1 is 1.26 bits per heavy atom. The van der Waals surface area contributed by atoms with Gasteiger partial charge < -0.3 is 15.5 Å². The van der Waals surface area contributed by atoms with Crippen LogP contribution in [0.5, 0.6) is 0 Å². The minimum atomic E-state index is 0. The molecule has 0 aromatic carbocycles. The SMILES string of the molecule is CN=C(NCc1ccnc(N(C)C)c1)NC(C)CCC(C)C.I. The van der Waals surface area contributed by atoms with Gasteiger partial charge in [-0.05, 0) is 43.4 Å². The van der Waals surface area contributed by atoms with E-state index in [1.807, 2.05) is 38.3 Å². The van der Waals surface area contributed by atoms with Crippen LogP contribution in [0.4, 0.5) is 5.82 Å². The summed E-state index contributed by atoms with van der Waals surface area (Å²) < 4.78 is 0. The summed E-state index contributed by atoms with van der Waals surface area (Å²) in [5, 5.41) is 6.81. The molecule has 23 heavy (non-hydrogen) atoms. The molecule has 1 atom stereocenters. The zero-order valence-electron chi connectivity index (χ0n) is 15.3. The average molecular weight is 433 g/mol. The number of hydrogen-bond donors (Lipinski definition) is 2. The summed E-state index contributed by atoms with van der Waals surface area (Å²) in [5.41, 5.74) is 1.19. The summed E-state index contributed by atoms with van der Waals surface area (Å²) in [6, 6.07) is 4.53. The second-order valence-corrected chi connectivity index (χ2v) is 6.36. The summed E-state index contributed by atoms with van der Waals surface area (Å²) in [6.45, 7) is 7.45. The van der Waals surface area contributed by atoms with Crippen molar-refractivity contribution in [3.63, 3.8) is 0 Å². The second-order valence-electron chi connectivity index (χ2n) is 6.36. The van der Waals surface area contributed by atoms with E-state index in [1.54, 1.807) is 0 Å². The lowest BCUT2D eigenvalue weighted by molar-refractivity contribution is 0.489. The van der Waals surface area contributed by atoms with Crippen molar-refractivity contribution in [1.82, 2.24) is 15.6 Å². The van der Waals surface area contributed by atoms with Crippen molar-refractivity contribution in [1.29, 1.82) is 0 Å². The Morgan fingerprint density at radius 2 is 1.96 bits per heavy atom. The van der Waals surface area contributed by atoms with Crippen LogP contribution in [0, 0.1) is 5.92 Å². The molecule has 0 radical (unpaired) electrons. The van der Waals surface area contributed by atoms with Gasteiger partial charge in [0.1, 0.15) is 5.82 Å².